The molecule has 1 heterocycles. The highest BCUT2D eigenvalue weighted by molar-refractivity contribution is 5.78. The number of aromatic amines is 1. The Balaban J connectivity index is 2.30. The SMILES string of the molecule is COCC(C)(C)CCCn1c(=O)[nH]c2cc(C)c(F)cc2c1=O. The third-order valence-corrected chi connectivity index (χ3v) is 4.03. The average Bonchev–Trinajstić information content (AvgIpc) is 2.45. The Hall–Kier alpha value is -1.95. The van der Waals surface area contributed by atoms with Gasteiger partial charge in [0.1, 0.15) is 5.82 Å². The van der Waals surface area contributed by atoms with Crippen molar-refractivity contribution in [3.63, 3.8) is 0 Å². The Morgan fingerprint density at radius 3 is 2.65 bits per heavy atom. The molecule has 1 N–H and O–H groups in total. The summed E-state index contributed by atoms with van der Waals surface area (Å²) in [4.78, 5) is 27.2. The van der Waals surface area contributed by atoms with Gasteiger partial charge in [-0.05, 0) is 42.9 Å². The van der Waals surface area contributed by atoms with E-state index in [1.54, 1.807) is 14.0 Å². The summed E-state index contributed by atoms with van der Waals surface area (Å²) in [7, 11) is 1.65. The van der Waals surface area contributed by atoms with Gasteiger partial charge in [0, 0.05) is 13.7 Å². The van der Waals surface area contributed by atoms with Gasteiger partial charge < -0.3 is 9.72 Å². The molecule has 0 spiro atoms. The van der Waals surface area contributed by atoms with Crippen molar-refractivity contribution in [1.29, 1.82) is 0 Å². The minimum Gasteiger partial charge on any atom is -0.384 e. The number of H-pyrrole nitrogens is 1. The molecule has 0 aliphatic carbocycles. The van der Waals surface area contributed by atoms with Crippen molar-refractivity contribution in [3.8, 4) is 0 Å². The molecular formula is C17H23FN2O3. The van der Waals surface area contributed by atoms with Crippen molar-refractivity contribution in [3.05, 3.63) is 44.4 Å². The average molecular weight is 322 g/mol. The van der Waals surface area contributed by atoms with Crippen LogP contribution in [0.2, 0.25) is 0 Å². The molecule has 0 atom stereocenters. The summed E-state index contributed by atoms with van der Waals surface area (Å²) in [6.45, 7) is 6.65. The van der Waals surface area contributed by atoms with Gasteiger partial charge in [0.2, 0.25) is 0 Å². The van der Waals surface area contributed by atoms with Gasteiger partial charge in [-0.25, -0.2) is 9.18 Å². The van der Waals surface area contributed by atoms with E-state index < -0.39 is 17.1 Å². The lowest BCUT2D eigenvalue weighted by molar-refractivity contribution is 0.0957. The Bertz CT molecular complexity index is 821. The Labute approximate surface area is 134 Å². The zero-order chi connectivity index (χ0) is 17.2. The summed E-state index contributed by atoms with van der Waals surface area (Å²) in [5.74, 6) is -0.450. The molecule has 2 aromatic rings. The maximum Gasteiger partial charge on any atom is 0.328 e. The highest BCUT2D eigenvalue weighted by atomic mass is 19.1. The molecule has 6 heteroatoms. The van der Waals surface area contributed by atoms with E-state index in [0.29, 0.717) is 30.7 Å². The van der Waals surface area contributed by atoms with Gasteiger partial charge in [0.25, 0.3) is 5.56 Å². The summed E-state index contributed by atoms with van der Waals surface area (Å²) in [5, 5.41) is 0.198. The van der Waals surface area contributed by atoms with E-state index in [9.17, 15) is 14.0 Å². The molecule has 23 heavy (non-hydrogen) atoms. The zero-order valence-electron chi connectivity index (χ0n) is 14.0. The highest BCUT2D eigenvalue weighted by Crippen LogP contribution is 2.22. The molecule has 0 aliphatic heterocycles. The predicted octanol–water partition coefficient (Wildman–Crippen LogP) is 2.59. The normalized spacial score (nSPS) is 12.0. The lowest BCUT2D eigenvalue weighted by atomic mass is 9.89. The second kappa shape index (κ2) is 6.66. The summed E-state index contributed by atoms with van der Waals surface area (Å²) in [6.07, 6.45) is 1.48. The molecule has 0 unspecified atom stereocenters. The zero-order valence-corrected chi connectivity index (χ0v) is 14.0. The number of nitrogens with zero attached hydrogens (tertiary/aromatic N) is 1. The monoisotopic (exact) mass is 322 g/mol. The third-order valence-electron chi connectivity index (χ3n) is 4.03. The van der Waals surface area contributed by atoms with Gasteiger partial charge in [0.05, 0.1) is 17.5 Å². The first-order valence-electron chi connectivity index (χ1n) is 7.67. The number of aryl methyl sites for hydroxylation is 1. The first-order valence-corrected chi connectivity index (χ1v) is 7.67. The standard InChI is InChI=1S/C17H23FN2O3/c1-11-8-14-12(9-13(11)18)15(21)20(16(22)19-14)7-5-6-17(2,3)10-23-4/h8-9H,5-7,10H2,1-4H3,(H,19,22). The van der Waals surface area contributed by atoms with Crippen molar-refractivity contribution in [2.75, 3.05) is 13.7 Å². The first-order chi connectivity index (χ1) is 10.7. The van der Waals surface area contributed by atoms with Crippen LogP contribution in [-0.2, 0) is 11.3 Å². The van der Waals surface area contributed by atoms with Crippen molar-refractivity contribution in [2.24, 2.45) is 5.41 Å². The van der Waals surface area contributed by atoms with E-state index in [1.807, 2.05) is 0 Å². The maximum atomic E-state index is 13.7. The second-order valence-corrected chi connectivity index (χ2v) is 6.73. The molecule has 2 rings (SSSR count). The minimum absolute atomic E-state index is 0.0226. The van der Waals surface area contributed by atoms with Gasteiger partial charge in [-0.2, -0.15) is 0 Å². The summed E-state index contributed by atoms with van der Waals surface area (Å²) in [6, 6.07) is 2.67. The van der Waals surface area contributed by atoms with Crippen molar-refractivity contribution < 1.29 is 9.13 Å². The van der Waals surface area contributed by atoms with Gasteiger partial charge in [-0.3, -0.25) is 9.36 Å². The van der Waals surface area contributed by atoms with Crippen LogP contribution >= 0.6 is 0 Å². The van der Waals surface area contributed by atoms with Crippen LogP contribution in [0.25, 0.3) is 10.9 Å². The molecule has 0 aliphatic rings. The smallest absolute Gasteiger partial charge is 0.328 e. The number of ether oxygens (including phenoxy) is 1. The molecule has 0 fully saturated rings. The molecule has 0 bridgehead atoms. The van der Waals surface area contributed by atoms with Gasteiger partial charge in [-0.1, -0.05) is 13.8 Å². The quantitative estimate of drug-likeness (QED) is 0.889. The van der Waals surface area contributed by atoms with Crippen LogP contribution < -0.4 is 11.2 Å². The fourth-order valence-corrected chi connectivity index (χ4v) is 2.76. The number of aromatic nitrogens is 2. The lowest BCUT2D eigenvalue weighted by Gasteiger charge is -2.23. The van der Waals surface area contributed by atoms with Crippen molar-refractivity contribution in [1.82, 2.24) is 9.55 Å². The third kappa shape index (κ3) is 3.88. The lowest BCUT2D eigenvalue weighted by Crippen LogP contribution is -2.35. The predicted molar refractivity (Wildman–Crippen MR) is 88.4 cm³/mol. The minimum atomic E-state index is -0.460. The number of methoxy groups -OCH3 is 1. The van der Waals surface area contributed by atoms with Gasteiger partial charge in [-0.15, -0.1) is 0 Å². The van der Waals surface area contributed by atoms with Crippen LogP contribution in [0.15, 0.2) is 21.7 Å². The Morgan fingerprint density at radius 1 is 1.30 bits per heavy atom. The molecule has 1 aromatic carbocycles. The summed E-state index contributed by atoms with van der Waals surface area (Å²) in [5.41, 5.74) is -0.169. The number of benzene rings is 1. The number of halogens is 1. The number of rotatable bonds is 6. The summed E-state index contributed by atoms with van der Waals surface area (Å²) < 4.78 is 20.0. The molecule has 126 valence electrons. The molecular weight excluding hydrogens is 299 g/mol. The first kappa shape index (κ1) is 17.4. The fourth-order valence-electron chi connectivity index (χ4n) is 2.76. The number of nitrogens with one attached hydrogen (secondary N) is 1. The molecule has 0 saturated heterocycles. The number of hydrogen-bond donors (Lipinski definition) is 1. The van der Waals surface area contributed by atoms with E-state index in [-0.39, 0.29) is 10.8 Å². The van der Waals surface area contributed by atoms with Crippen LogP contribution in [0, 0.1) is 18.2 Å². The maximum absolute atomic E-state index is 13.7. The largest absolute Gasteiger partial charge is 0.384 e. The van der Waals surface area contributed by atoms with Crippen LogP contribution in [0.4, 0.5) is 4.39 Å². The van der Waals surface area contributed by atoms with Crippen LogP contribution in [-0.4, -0.2) is 23.3 Å². The van der Waals surface area contributed by atoms with E-state index >= 15 is 0 Å². The molecule has 5 nitrogen and oxygen atoms in total. The van der Waals surface area contributed by atoms with E-state index in [1.165, 1.54) is 12.1 Å². The van der Waals surface area contributed by atoms with Crippen LogP contribution in [0.1, 0.15) is 32.3 Å². The van der Waals surface area contributed by atoms with Gasteiger partial charge >= 0.3 is 5.69 Å². The van der Waals surface area contributed by atoms with Crippen molar-refractivity contribution in [2.45, 2.75) is 40.2 Å². The number of hydrogen-bond acceptors (Lipinski definition) is 3. The molecule has 1 aromatic heterocycles. The fraction of sp³-hybridized carbons (Fsp3) is 0.529. The van der Waals surface area contributed by atoms with Crippen LogP contribution in [0.3, 0.4) is 0 Å². The molecule has 0 saturated carbocycles. The Morgan fingerprint density at radius 2 is 2.00 bits per heavy atom. The molecule has 0 amide bonds. The van der Waals surface area contributed by atoms with Crippen LogP contribution in [0.5, 0.6) is 0 Å². The van der Waals surface area contributed by atoms with Crippen molar-refractivity contribution >= 4 is 10.9 Å². The Kier molecular flexibility index (Phi) is 5.04. The van der Waals surface area contributed by atoms with E-state index in [4.69, 9.17) is 4.74 Å². The van der Waals surface area contributed by atoms with E-state index in [2.05, 4.69) is 18.8 Å². The summed E-state index contributed by atoms with van der Waals surface area (Å²) >= 11 is 0. The number of fused-ring (bicyclic) bond motifs is 1. The second-order valence-electron chi connectivity index (χ2n) is 6.73. The highest BCUT2D eigenvalue weighted by Gasteiger charge is 2.18. The van der Waals surface area contributed by atoms with Gasteiger partial charge in [0.15, 0.2) is 0 Å². The topological polar surface area (TPSA) is 64.1 Å². The molecule has 0 radical (unpaired) electrons. The van der Waals surface area contributed by atoms with E-state index in [0.717, 1.165) is 11.0 Å².